The lowest BCUT2D eigenvalue weighted by atomic mass is 9.91. The van der Waals surface area contributed by atoms with Gasteiger partial charge in [0, 0.05) is 4.88 Å². The maximum absolute atomic E-state index is 12.5. The summed E-state index contributed by atoms with van der Waals surface area (Å²) in [5, 5.41) is 12.0. The highest BCUT2D eigenvalue weighted by molar-refractivity contribution is 7.17. The van der Waals surface area contributed by atoms with E-state index in [9.17, 15) is 14.7 Å². The van der Waals surface area contributed by atoms with E-state index in [1.165, 1.54) is 28.0 Å². The second kappa shape index (κ2) is 5.49. The maximum atomic E-state index is 12.5. The zero-order valence-electron chi connectivity index (χ0n) is 12.5. The molecular formula is C18H17NO3S. The van der Waals surface area contributed by atoms with Crippen LogP contribution in [0, 0.1) is 5.92 Å². The van der Waals surface area contributed by atoms with Gasteiger partial charge in [0.1, 0.15) is 6.04 Å². The van der Waals surface area contributed by atoms with Crippen molar-refractivity contribution in [1.29, 1.82) is 0 Å². The molecule has 0 saturated heterocycles. The molecule has 5 heteroatoms. The van der Waals surface area contributed by atoms with Crippen LogP contribution in [-0.4, -0.2) is 23.0 Å². The Bertz CT molecular complexity index is 791. The first kappa shape index (κ1) is 14.5. The molecular weight excluding hydrogens is 310 g/mol. The third kappa shape index (κ3) is 2.65. The van der Waals surface area contributed by atoms with E-state index in [0.29, 0.717) is 4.88 Å². The largest absolute Gasteiger partial charge is 0.480 e. The number of aliphatic carboxylic acids is 1. The molecule has 2 aliphatic carbocycles. The highest BCUT2D eigenvalue weighted by atomic mass is 32.1. The minimum absolute atomic E-state index is 0.0896. The summed E-state index contributed by atoms with van der Waals surface area (Å²) in [5.74, 6) is -1.11. The molecule has 2 N–H and O–H groups in total. The number of hydrogen-bond acceptors (Lipinski definition) is 3. The summed E-state index contributed by atoms with van der Waals surface area (Å²) in [5.41, 5.74) is 3.71. The van der Waals surface area contributed by atoms with Crippen molar-refractivity contribution < 1.29 is 14.7 Å². The number of carbonyl (C=O) groups is 2. The molecule has 4 rings (SSSR count). The fourth-order valence-corrected chi connectivity index (χ4v) is 4.38. The lowest BCUT2D eigenvalue weighted by Gasteiger charge is -2.15. The predicted octanol–water partition coefficient (Wildman–Crippen LogP) is 3.11. The number of hydrogen-bond donors (Lipinski definition) is 2. The molecule has 1 unspecified atom stereocenters. The summed E-state index contributed by atoms with van der Waals surface area (Å²) in [4.78, 5) is 25.5. The average Bonchev–Trinajstić information content (AvgIpc) is 3.28. The van der Waals surface area contributed by atoms with Crippen molar-refractivity contribution in [2.75, 3.05) is 0 Å². The standard InChI is InChI=1S/C18H17NO3S/c20-17(19-15(18(21)22)11-6-7-11)14-9-12-8-5-10-3-1-2-4-13(10)16(12)23-14/h1-4,9,11,15H,5-8H2,(H,19,20)(H,21,22). The van der Waals surface area contributed by atoms with Gasteiger partial charge in [-0.3, -0.25) is 4.79 Å². The summed E-state index contributed by atoms with van der Waals surface area (Å²) >= 11 is 1.47. The summed E-state index contributed by atoms with van der Waals surface area (Å²) in [6.07, 6.45) is 3.68. The van der Waals surface area contributed by atoms with Crippen LogP contribution in [0.3, 0.4) is 0 Å². The lowest BCUT2D eigenvalue weighted by molar-refractivity contribution is -0.139. The van der Waals surface area contributed by atoms with E-state index in [-0.39, 0.29) is 11.8 Å². The monoisotopic (exact) mass is 327 g/mol. The number of fused-ring (bicyclic) bond motifs is 3. The second-order valence-electron chi connectivity index (χ2n) is 6.25. The number of amides is 1. The Labute approximate surface area is 138 Å². The molecule has 4 nitrogen and oxygen atoms in total. The molecule has 1 amide bonds. The van der Waals surface area contributed by atoms with Gasteiger partial charge in [-0.05, 0) is 54.4 Å². The van der Waals surface area contributed by atoms with Gasteiger partial charge in [0.15, 0.2) is 0 Å². The van der Waals surface area contributed by atoms with Gasteiger partial charge in [-0.15, -0.1) is 11.3 Å². The number of carbonyl (C=O) groups excluding carboxylic acids is 1. The molecule has 0 radical (unpaired) electrons. The zero-order chi connectivity index (χ0) is 16.0. The van der Waals surface area contributed by atoms with E-state index in [2.05, 4.69) is 17.4 Å². The zero-order valence-corrected chi connectivity index (χ0v) is 13.4. The van der Waals surface area contributed by atoms with E-state index in [0.717, 1.165) is 30.6 Å². The van der Waals surface area contributed by atoms with Crippen molar-refractivity contribution in [2.45, 2.75) is 31.7 Å². The van der Waals surface area contributed by atoms with Crippen LogP contribution in [0.5, 0.6) is 0 Å². The highest BCUT2D eigenvalue weighted by Gasteiger charge is 2.37. The minimum Gasteiger partial charge on any atom is -0.480 e. The van der Waals surface area contributed by atoms with Crippen molar-refractivity contribution in [3.05, 3.63) is 46.3 Å². The Hall–Kier alpha value is -2.14. The quantitative estimate of drug-likeness (QED) is 0.907. The number of nitrogens with one attached hydrogen (secondary N) is 1. The molecule has 2 aliphatic rings. The molecule has 1 aromatic carbocycles. The van der Waals surface area contributed by atoms with E-state index < -0.39 is 12.0 Å². The van der Waals surface area contributed by atoms with Crippen LogP contribution >= 0.6 is 11.3 Å². The fourth-order valence-electron chi connectivity index (χ4n) is 3.21. The maximum Gasteiger partial charge on any atom is 0.326 e. The number of aryl methyl sites for hydroxylation is 2. The van der Waals surface area contributed by atoms with Crippen LogP contribution in [0.2, 0.25) is 0 Å². The number of carboxylic acid groups (broad SMARTS) is 1. The first-order valence-corrected chi connectivity index (χ1v) is 8.70. The van der Waals surface area contributed by atoms with Crippen molar-refractivity contribution in [3.63, 3.8) is 0 Å². The van der Waals surface area contributed by atoms with Gasteiger partial charge in [0.25, 0.3) is 5.91 Å². The van der Waals surface area contributed by atoms with Gasteiger partial charge in [0.2, 0.25) is 0 Å². The Morgan fingerprint density at radius 2 is 1.91 bits per heavy atom. The van der Waals surface area contributed by atoms with Crippen LogP contribution in [0.1, 0.15) is 33.6 Å². The van der Waals surface area contributed by atoms with Crippen molar-refractivity contribution in [2.24, 2.45) is 5.92 Å². The third-order valence-electron chi connectivity index (χ3n) is 4.60. The first-order valence-electron chi connectivity index (χ1n) is 7.88. The number of carboxylic acids is 1. The third-order valence-corrected chi connectivity index (χ3v) is 5.81. The molecule has 0 bridgehead atoms. The topological polar surface area (TPSA) is 66.4 Å². The summed E-state index contributed by atoms with van der Waals surface area (Å²) in [7, 11) is 0. The van der Waals surface area contributed by atoms with Crippen LogP contribution < -0.4 is 5.32 Å². The molecule has 1 heterocycles. The van der Waals surface area contributed by atoms with Gasteiger partial charge in [0.05, 0.1) is 4.88 Å². The highest BCUT2D eigenvalue weighted by Crippen LogP contribution is 2.39. The summed E-state index contributed by atoms with van der Waals surface area (Å²) in [6, 6.07) is 9.45. The Morgan fingerprint density at radius 1 is 1.17 bits per heavy atom. The number of thiophene rings is 1. The van der Waals surface area contributed by atoms with Crippen molar-refractivity contribution >= 4 is 23.2 Å². The van der Waals surface area contributed by atoms with E-state index in [1.54, 1.807) is 0 Å². The SMILES string of the molecule is O=C(NC(C(=O)O)C1CC1)c1cc2c(s1)-c1ccccc1CC2. The number of rotatable bonds is 4. The molecule has 0 aliphatic heterocycles. The first-order chi connectivity index (χ1) is 11.1. The molecule has 2 aromatic rings. The van der Waals surface area contributed by atoms with Gasteiger partial charge in [-0.2, -0.15) is 0 Å². The predicted molar refractivity (Wildman–Crippen MR) is 88.8 cm³/mol. The average molecular weight is 327 g/mol. The fraction of sp³-hybridized carbons (Fsp3) is 0.333. The Morgan fingerprint density at radius 3 is 2.65 bits per heavy atom. The second-order valence-corrected chi connectivity index (χ2v) is 7.30. The number of benzene rings is 1. The normalized spacial score (nSPS) is 17.0. The van der Waals surface area contributed by atoms with Gasteiger partial charge in [-0.25, -0.2) is 4.79 Å². The molecule has 1 saturated carbocycles. The van der Waals surface area contributed by atoms with Crippen LogP contribution in [0.4, 0.5) is 0 Å². The van der Waals surface area contributed by atoms with Crippen LogP contribution in [0.15, 0.2) is 30.3 Å². The molecule has 0 spiro atoms. The van der Waals surface area contributed by atoms with Crippen molar-refractivity contribution in [1.82, 2.24) is 5.32 Å². The summed E-state index contributed by atoms with van der Waals surface area (Å²) < 4.78 is 0. The Kier molecular flexibility index (Phi) is 3.45. The smallest absolute Gasteiger partial charge is 0.326 e. The molecule has 23 heavy (non-hydrogen) atoms. The molecule has 118 valence electrons. The molecule has 1 atom stereocenters. The van der Waals surface area contributed by atoms with E-state index in [1.807, 2.05) is 18.2 Å². The summed E-state index contributed by atoms with van der Waals surface area (Å²) in [6.45, 7) is 0. The minimum atomic E-state index is -0.937. The van der Waals surface area contributed by atoms with Crippen LogP contribution in [-0.2, 0) is 17.6 Å². The van der Waals surface area contributed by atoms with Gasteiger partial charge >= 0.3 is 5.97 Å². The van der Waals surface area contributed by atoms with Crippen molar-refractivity contribution in [3.8, 4) is 10.4 Å². The lowest BCUT2D eigenvalue weighted by Crippen LogP contribution is -2.42. The van der Waals surface area contributed by atoms with Crippen LogP contribution in [0.25, 0.3) is 10.4 Å². The molecule has 1 aromatic heterocycles. The van der Waals surface area contributed by atoms with E-state index in [4.69, 9.17) is 0 Å². The van der Waals surface area contributed by atoms with E-state index >= 15 is 0 Å². The molecule has 1 fully saturated rings. The van der Waals surface area contributed by atoms with Gasteiger partial charge < -0.3 is 10.4 Å². The van der Waals surface area contributed by atoms with Gasteiger partial charge in [-0.1, -0.05) is 24.3 Å². The Balaban J connectivity index is 1.61.